The molecule has 0 saturated heterocycles. The minimum Gasteiger partial charge on any atom is -0.490 e. The third-order valence-corrected chi connectivity index (χ3v) is 2.19. The van der Waals surface area contributed by atoms with Crippen molar-refractivity contribution in [1.82, 2.24) is 0 Å². The molecule has 1 nitrogen and oxygen atoms in total. The average Bonchev–Trinajstić information content (AvgIpc) is 2.12. The largest absolute Gasteiger partial charge is 0.490 e. The monoisotopic (exact) mass is 186 g/mol. The summed E-state index contributed by atoms with van der Waals surface area (Å²) in [6.45, 7) is 7.81. The van der Waals surface area contributed by atoms with Crippen LogP contribution in [0.5, 0.6) is 0 Å². The molecule has 0 aliphatic carbocycles. The van der Waals surface area contributed by atoms with Crippen LogP contribution < -0.4 is 0 Å². The summed E-state index contributed by atoms with van der Waals surface area (Å²) in [5.41, 5.74) is 0. The summed E-state index contributed by atoms with van der Waals surface area (Å²) in [6.07, 6.45) is 7.27. The molecule has 0 aromatic carbocycles. The molecule has 0 heterocycles. The highest BCUT2D eigenvalue weighted by atomic mass is 31.0. The first-order valence-corrected chi connectivity index (χ1v) is 5.25. The number of ether oxygens (including phenoxy) is 1. The second-order valence-corrected chi connectivity index (χ2v) is 3.13. The van der Waals surface area contributed by atoms with E-state index in [4.69, 9.17) is 4.74 Å². The van der Waals surface area contributed by atoms with Crippen LogP contribution in [0.15, 0.2) is 24.5 Å². The van der Waals surface area contributed by atoms with Gasteiger partial charge in [0.15, 0.2) is 0 Å². The molecule has 0 aliphatic rings. The molecule has 0 aliphatic heterocycles. The van der Waals surface area contributed by atoms with Crippen LogP contribution in [-0.2, 0) is 4.74 Å². The standard InChI is InChI=1S/C10H19OP/c1-4-7-10(8-12)11-9(5-2)6-3/h5-6,10H,2,4,7-8,12H2,1,3H3/b9-6+. The average molecular weight is 186 g/mol. The van der Waals surface area contributed by atoms with Crippen molar-refractivity contribution in [1.29, 1.82) is 0 Å². The highest BCUT2D eigenvalue weighted by molar-refractivity contribution is 7.16. The summed E-state index contributed by atoms with van der Waals surface area (Å²) in [4.78, 5) is 0. The van der Waals surface area contributed by atoms with Crippen molar-refractivity contribution < 1.29 is 4.74 Å². The van der Waals surface area contributed by atoms with Gasteiger partial charge in [0, 0.05) is 0 Å². The van der Waals surface area contributed by atoms with E-state index >= 15 is 0 Å². The first-order chi connectivity index (χ1) is 5.78. The zero-order chi connectivity index (χ0) is 9.40. The molecule has 0 aromatic heterocycles. The molecule has 2 unspecified atom stereocenters. The van der Waals surface area contributed by atoms with Gasteiger partial charge in [-0.2, -0.15) is 0 Å². The van der Waals surface area contributed by atoms with Crippen molar-refractivity contribution in [3.05, 3.63) is 24.5 Å². The Bertz CT molecular complexity index is 152. The van der Waals surface area contributed by atoms with Gasteiger partial charge in [0.25, 0.3) is 0 Å². The van der Waals surface area contributed by atoms with Crippen LogP contribution in [0.25, 0.3) is 0 Å². The Hall–Kier alpha value is -0.290. The van der Waals surface area contributed by atoms with E-state index in [-0.39, 0.29) is 0 Å². The molecule has 0 bridgehead atoms. The van der Waals surface area contributed by atoms with E-state index in [1.165, 1.54) is 0 Å². The molecule has 2 heteroatoms. The van der Waals surface area contributed by atoms with E-state index in [1.54, 1.807) is 6.08 Å². The summed E-state index contributed by atoms with van der Waals surface area (Å²) >= 11 is 0. The van der Waals surface area contributed by atoms with Gasteiger partial charge in [-0.25, -0.2) is 0 Å². The van der Waals surface area contributed by atoms with Crippen molar-refractivity contribution in [2.45, 2.75) is 32.8 Å². The Morgan fingerprint density at radius 2 is 2.33 bits per heavy atom. The number of hydrogen-bond acceptors (Lipinski definition) is 1. The van der Waals surface area contributed by atoms with E-state index in [9.17, 15) is 0 Å². The van der Waals surface area contributed by atoms with Gasteiger partial charge in [-0.05, 0) is 31.7 Å². The smallest absolute Gasteiger partial charge is 0.114 e. The molecule has 0 spiro atoms. The molecule has 0 radical (unpaired) electrons. The van der Waals surface area contributed by atoms with Gasteiger partial charge in [0.2, 0.25) is 0 Å². The lowest BCUT2D eigenvalue weighted by Crippen LogP contribution is -2.13. The van der Waals surface area contributed by atoms with Crippen molar-refractivity contribution in [2.75, 3.05) is 6.16 Å². The zero-order valence-electron chi connectivity index (χ0n) is 8.05. The first kappa shape index (κ1) is 11.7. The maximum absolute atomic E-state index is 5.66. The van der Waals surface area contributed by atoms with E-state index < -0.39 is 0 Å². The third kappa shape index (κ3) is 4.56. The maximum Gasteiger partial charge on any atom is 0.114 e. The Kier molecular flexibility index (Phi) is 7.19. The van der Waals surface area contributed by atoms with Crippen LogP contribution in [0.4, 0.5) is 0 Å². The van der Waals surface area contributed by atoms with Gasteiger partial charge >= 0.3 is 0 Å². The highest BCUT2D eigenvalue weighted by Gasteiger charge is 2.05. The number of hydrogen-bond donors (Lipinski definition) is 0. The van der Waals surface area contributed by atoms with E-state index in [1.807, 2.05) is 13.0 Å². The van der Waals surface area contributed by atoms with E-state index in [0.29, 0.717) is 6.10 Å². The van der Waals surface area contributed by atoms with Crippen molar-refractivity contribution in [2.24, 2.45) is 0 Å². The van der Waals surface area contributed by atoms with Crippen LogP contribution in [-0.4, -0.2) is 12.3 Å². The summed E-state index contributed by atoms with van der Waals surface area (Å²) in [5, 5.41) is 0. The molecule has 12 heavy (non-hydrogen) atoms. The Balaban J connectivity index is 3.91. The molecule has 2 atom stereocenters. The molecule has 0 fully saturated rings. The normalized spacial score (nSPS) is 14.1. The molecular formula is C10H19OP. The van der Waals surface area contributed by atoms with Crippen LogP contribution in [0.2, 0.25) is 0 Å². The van der Waals surface area contributed by atoms with E-state index in [2.05, 4.69) is 22.7 Å². The van der Waals surface area contributed by atoms with Crippen LogP contribution in [0.1, 0.15) is 26.7 Å². The van der Waals surface area contributed by atoms with Crippen LogP contribution in [0.3, 0.4) is 0 Å². The second-order valence-electron chi connectivity index (χ2n) is 2.66. The number of rotatable bonds is 6. The van der Waals surface area contributed by atoms with Gasteiger partial charge in [-0.15, -0.1) is 9.24 Å². The lowest BCUT2D eigenvalue weighted by atomic mass is 10.2. The fraction of sp³-hybridized carbons (Fsp3) is 0.600. The molecule has 70 valence electrons. The van der Waals surface area contributed by atoms with Gasteiger partial charge in [-0.3, -0.25) is 0 Å². The lowest BCUT2D eigenvalue weighted by Gasteiger charge is -2.16. The zero-order valence-corrected chi connectivity index (χ0v) is 9.20. The second kappa shape index (κ2) is 7.36. The van der Waals surface area contributed by atoms with E-state index in [0.717, 1.165) is 24.8 Å². The minimum absolute atomic E-state index is 0.323. The Morgan fingerprint density at radius 3 is 2.67 bits per heavy atom. The lowest BCUT2D eigenvalue weighted by molar-refractivity contribution is 0.136. The minimum atomic E-state index is 0.323. The fourth-order valence-electron chi connectivity index (χ4n) is 0.973. The van der Waals surface area contributed by atoms with Crippen LogP contribution >= 0.6 is 9.24 Å². The van der Waals surface area contributed by atoms with Gasteiger partial charge in [-0.1, -0.05) is 19.9 Å². The van der Waals surface area contributed by atoms with Crippen LogP contribution in [0, 0.1) is 0 Å². The summed E-state index contributed by atoms with van der Waals surface area (Å²) in [7, 11) is 2.71. The molecule has 0 aromatic rings. The van der Waals surface area contributed by atoms with Gasteiger partial charge in [0.05, 0.1) is 0 Å². The molecule has 0 rings (SSSR count). The van der Waals surface area contributed by atoms with Crippen molar-refractivity contribution in [3.8, 4) is 0 Å². The molecular weight excluding hydrogens is 167 g/mol. The van der Waals surface area contributed by atoms with Crippen molar-refractivity contribution in [3.63, 3.8) is 0 Å². The predicted octanol–water partition coefficient (Wildman–Crippen LogP) is 3.14. The summed E-state index contributed by atoms with van der Waals surface area (Å²) < 4.78 is 5.66. The molecule has 0 N–H and O–H groups in total. The third-order valence-electron chi connectivity index (χ3n) is 1.66. The quantitative estimate of drug-likeness (QED) is 0.352. The SMILES string of the molecule is C=C/C(=C\C)OC(CP)CCC. The first-order valence-electron chi connectivity index (χ1n) is 4.43. The predicted molar refractivity (Wildman–Crippen MR) is 58.3 cm³/mol. The summed E-state index contributed by atoms with van der Waals surface area (Å²) in [5.74, 6) is 0.885. The topological polar surface area (TPSA) is 9.23 Å². The number of allylic oxidation sites excluding steroid dienone is 2. The van der Waals surface area contributed by atoms with Gasteiger partial charge in [0.1, 0.15) is 11.9 Å². The van der Waals surface area contributed by atoms with Crippen molar-refractivity contribution >= 4 is 9.24 Å². The fourth-order valence-corrected chi connectivity index (χ4v) is 1.31. The van der Waals surface area contributed by atoms with Gasteiger partial charge < -0.3 is 4.74 Å². The summed E-state index contributed by atoms with van der Waals surface area (Å²) in [6, 6.07) is 0. The maximum atomic E-state index is 5.66. The highest BCUT2D eigenvalue weighted by Crippen LogP contribution is 2.11. The Labute approximate surface area is 78.1 Å². The molecule has 0 saturated carbocycles. The molecule has 0 amide bonds. The Morgan fingerprint density at radius 1 is 1.67 bits per heavy atom.